The van der Waals surface area contributed by atoms with Crippen molar-refractivity contribution in [1.29, 1.82) is 0 Å². The van der Waals surface area contributed by atoms with Crippen molar-refractivity contribution < 1.29 is 19.1 Å². The van der Waals surface area contributed by atoms with Crippen LogP contribution in [0, 0.1) is 27.7 Å². The summed E-state index contributed by atoms with van der Waals surface area (Å²) in [5, 5.41) is 2.70. The van der Waals surface area contributed by atoms with Crippen molar-refractivity contribution in [2.24, 2.45) is 0 Å². The molecule has 5 heteroatoms. The molecule has 2 aromatic carbocycles. The Labute approximate surface area is 148 Å². The second-order valence-electron chi connectivity index (χ2n) is 6.02. The maximum absolute atomic E-state index is 11.9. The number of carbonyl (C=O) groups is 2. The number of anilines is 1. The summed E-state index contributed by atoms with van der Waals surface area (Å²) in [5.41, 5.74) is 4.79. The molecule has 0 spiro atoms. The van der Waals surface area contributed by atoms with E-state index in [4.69, 9.17) is 9.47 Å². The summed E-state index contributed by atoms with van der Waals surface area (Å²) in [6, 6.07) is 11.4. The number of hydrogen-bond acceptors (Lipinski definition) is 4. The number of aryl methyl sites for hydroxylation is 4. The normalized spacial score (nSPS) is 10.2. The van der Waals surface area contributed by atoms with Gasteiger partial charge in [0, 0.05) is 5.69 Å². The summed E-state index contributed by atoms with van der Waals surface area (Å²) >= 11 is 0. The first-order valence-electron chi connectivity index (χ1n) is 8.08. The van der Waals surface area contributed by atoms with Gasteiger partial charge < -0.3 is 14.8 Å². The van der Waals surface area contributed by atoms with Crippen molar-refractivity contribution in [1.82, 2.24) is 0 Å². The molecule has 0 atom stereocenters. The lowest BCUT2D eigenvalue weighted by atomic mass is 10.1. The van der Waals surface area contributed by atoms with Gasteiger partial charge in [0.1, 0.15) is 5.75 Å². The average molecular weight is 341 g/mol. The van der Waals surface area contributed by atoms with Crippen molar-refractivity contribution in [2.45, 2.75) is 27.7 Å². The van der Waals surface area contributed by atoms with Gasteiger partial charge in [0.15, 0.2) is 13.2 Å². The number of hydrogen-bond donors (Lipinski definition) is 1. The van der Waals surface area contributed by atoms with E-state index in [0.29, 0.717) is 11.4 Å². The molecule has 25 heavy (non-hydrogen) atoms. The number of amides is 1. The maximum atomic E-state index is 11.9. The first kappa shape index (κ1) is 18.5. The number of esters is 1. The molecule has 0 bridgehead atoms. The van der Waals surface area contributed by atoms with Crippen LogP contribution in [0.3, 0.4) is 0 Å². The van der Waals surface area contributed by atoms with Crippen molar-refractivity contribution in [3.8, 4) is 5.75 Å². The number of para-hydroxylation sites is 1. The van der Waals surface area contributed by atoms with Crippen LogP contribution in [0.2, 0.25) is 0 Å². The lowest BCUT2D eigenvalue weighted by Gasteiger charge is -2.12. The highest BCUT2D eigenvalue weighted by Crippen LogP contribution is 2.22. The fourth-order valence-corrected chi connectivity index (χ4v) is 2.36. The monoisotopic (exact) mass is 341 g/mol. The van der Waals surface area contributed by atoms with Gasteiger partial charge in [0.05, 0.1) is 0 Å². The second kappa shape index (κ2) is 8.33. The Bertz CT molecular complexity index is 763. The highest BCUT2D eigenvalue weighted by molar-refractivity contribution is 5.93. The highest BCUT2D eigenvalue weighted by Gasteiger charge is 2.11. The molecule has 132 valence electrons. The molecule has 5 nitrogen and oxygen atoms in total. The minimum Gasteiger partial charge on any atom is -0.481 e. The van der Waals surface area contributed by atoms with Gasteiger partial charge in [-0.2, -0.15) is 0 Å². The fourth-order valence-electron chi connectivity index (χ4n) is 2.36. The average Bonchev–Trinajstić information content (AvgIpc) is 2.56. The largest absolute Gasteiger partial charge is 0.481 e. The van der Waals surface area contributed by atoms with Crippen molar-refractivity contribution >= 4 is 17.6 Å². The molecule has 1 N–H and O–H groups in total. The van der Waals surface area contributed by atoms with Gasteiger partial charge >= 0.3 is 5.97 Å². The Kier molecular flexibility index (Phi) is 6.17. The van der Waals surface area contributed by atoms with Gasteiger partial charge in [-0.3, -0.25) is 4.79 Å². The van der Waals surface area contributed by atoms with E-state index >= 15 is 0 Å². The Hall–Kier alpha value is -2.82. The van der Waals surface area contributed by atoms with E-state index in [1.165, 1.54) is 0 Å². The minimum atomic E-state index is -0.585. The standard InChI is InChI=1S/C20H23NO4/c1-13-8-9-17(10-16(13)4)21-18(22)11-24-19(23)12-25-20-14(2)6-5-7-15(20)3/h5-10H,11-12H2,1-4H3,(H,21,22). The van der Waals surface area contributed by atoms with Crippen molar-refractivity contribution in [3.05, 3.63) is 58.7 Å². The molecule has 0 saturated carbocycles. The van der Waals surface area contributed by atoms with Crippen LogP contribution in [0.25, 0.3) is 0 Å². The zero-order valence-electron chi connectivity index (χ0n) is 15.0. The third-order valence-corrected chi connectivity index (χ3v) is 3.90. The Morgan fingerprint density at radius 2 is 1.56 bits per heavy atom. The Morgan fingerprint density at radius 3 is 2.20 bits per heavy atom. The molecule has 0 saturated heterocycles. The molecule has 2 aromatic rings. The zero-order valence-corrected chi connectivity index (χ0v) is 15.0. The molecule has 2 rings (SSSR count). The maximum Gasteiger partial charge on any atom is 0.344 e. The SMILES string of the molecule is Cc1ccc(NC(=O)COC(=O)COc2c(C)cccc2C)cc1C. The van der Waals surface area contributed by atoms with E-state index in [-0.39, 0.29) is 19.1 Å². The van der Waals surface area contributed by atoms with Gasteiger partial charge in [-0.15, -0.1) is 0 Å². The van der Waals surface area contributed by atoms with Crippen molar-refractivity contribution in [2.75, 3.05) is 18.5 Å². The predicted octanol–water partition coefficient (Wildman–Crippen LogP) is 3.48. The smallest absolute Gasteiger partial charge is 0.344 e. The molecule has 0 aliphatic heterocycles. The Balaban J connectivity index is 1.79. The van der Waals surface area contributed by atoms with Crippen LogP contribution in [0.5, 0.6) is 5.75 Å². The van der Waals surface area contributed by atoms with Gasteiger partial charge in [-0.05, 0) is 62.1 Å². The first-order chi connectivity index (χ1) is 11.9. The van der Waals surface area contributed by atoms with E-state index in [1.807, 2.05) is 64.1 Å². The highest BCUT2D eigenvalue weighted by atomic mass is 16.6. The molecule has 0 aliphatic rings. The van der Waals surface area contributed by atoms with Crippen LogP contribution in [0.15, 0.2) is 36.4 Å². The summed E-state index contributed by atoms with van der Waals surface area (Å²) in [7, 11) is 0. The van der Waals surface area contributed by atoms with Crippen LogP contribution in [-0.2, 0) is 14.3 Å². The zero-order chi connectivity index (χ0) is 18.4. The molecule has 0 unspecified atom stereocenters. The summed E-state index contributed by atoms with van der Waals surface area (Å²) in [6.07, 6.45) is 0. The third kappa shape index (κ3) is 5.35. The van der Waals surface area contributed by atoms with Crippen molar-refractivity contribution in [3.63, 3.8) is 0 Å². The molecule has 0 aromatic heterocycles. The fraction of sp³-hybridized carbons (Fsp3) is 0.300. The summed E-state index contributed by atoms with van der Waals surface area (Å²) in [5.74, 6) is -0.305. The molecule has 0 fully saturated rings. The number of carbonyl (C=O) groups excluding carboxylic acids is 2. The van der Waals surface area contributed by atoms with Gasteiger partial charge in [-0.25, -0.2) is 4.79 Å². The molecular formula is C20H23NO4. The van der Waals surface area contributed by atoms with Crippen LogP contribution in [0.1, 0.15) is 22.3 Å². The quantitative estimate of drug-likeness (QED) is 0.817. The number of benzene rings is 2. The number of ether oxygens (including phenoxy) is 2. The van der Waals surface area contributed by atoms with Gasteiger partial charge in [-0.1, -0.05) is 24.3 Å². The first-order valence-corrected chi connectivity index (χ1v) is 8.08. The van der Waals surface area contributed by atoms with Crippen LogP contribution < -0.4 is 10.1 Å². The summed E-state index contributed by atoms with van der Waals surface area (Å²) in [4.78, 5) is 23.6. The molecule has 0 heterocycles. The summed E-state index contributed by atoms with van der Waals surface area (Å²) in [6.45, 7) is 7.20. The summed E-state index contributed by atoms with van der Waals surface area (Å²) < 4.78 is 10.5. The molecule has 0 aliphatic carbocycles. The van der Waals surface area contributed by atoms with Crippen LogP contribution >= 0.6 is 0 Å². The van der Waals surface area contributed by atoms with E-state index in [0.717, 1.165) is 22.3 Å². The van der Waals surface area contributed by atoms with Crippen LogP contribution in [-0.4, -0.2) is 25.1 Å². The van der Waals surface area contributed by atoms with Gasteiger partial charge in [0.2, 0.25) is 0 Å². The number of rotatable bonds is 6. The van der Waals surface area contributed by atoms with E-state index in [1.54, 1.807) is 0 Å². The van der Waals surface area contributed by atoms with E-state index < -0.39 is 5.97 Å². The predicted molar refractivity (Wildman–Crippen MR) is 96.9 cm³/mol. The lowest BCUT2D eigenvalue weighted by Crippen LogP contribution is -2.24. The third-order valence-electron chi connectivity index (χ3n) is 3.90. The van der Waals surface area contributed by atoms with Gasteiger partial charge in [0.25, 0.3) is 5.91 Å². The van der Waals surface area contributed by atoms with E-state index in [9.17, 15) is 9.59 Å². The minimum absolute atomic E-state index is 0.234. The second-order valence-corrected chi connectivity index (χ2v) is 6.02. The lowest BCUT2D eigenvalue weighted by molar-refractivity contribution is -0.149. The van der Waals surface area contributed by atoms with E-state index in [2.05, 4.69) is 5.32 Å². The molecule has 1 amide bonds. The topological polar surface area (TPSA) is 64.6 Å². The van der Waals surface area contributed by atoms with Crippen LogP contribution in [0.4, 0.5) is 5.69 Å². The number of nitrogens with one attached hydrogen (secondary N) is 1. The Morgan fingerprint density at radius 1 is 0.880 bits per heavy atom. The molecule has 0 radical (unpaired) electrons. The molecular weight excluding hydrogens is 318 g/mol.